The second-order valence-electron chi connectivity index (χ2n) is 7.38. The number of pyridine rings is 1. The Bertz CT molecular complexity index is 835. The highest BCUT2D eigenvalue weighted by Crippen LogP contribution is 2.40. The number of nitrogens with one attached hydrogen (secondary N) is 2. The highest BCUT2D eigenvalue weighted by atomic mass is 16.7. The van der Waals surface area contributed by atoms with Crippen LogP contribution in [0, 0.1) is 0 Å². The third-order valence-electron chi connectivity index (χ3n) is 5.65. The zero-order valence-corrected chi connectivity index (χ0v) is 16.8. The lowest BCUT2D eigenvalue weighted by atomic mass is 9.74. The van der Waals surface area contributed by atoms with Gasteiger partial charge in [0.25, 0.3) is 0 Å². The van der Waals surface area contributed by atoms with E-state index in [0.29, 0.717) is 6.79 Å². The molecule has 4 rings (SSSR count). The van der Waals surface area contributed by atoms with Crippen LogP contribution < -0.4 is 20.1 Å². The van der Waals surface area contributed by atoms with Crippen molar-refractivity contribution >= 4 is 5.96 Å². The van der Waals surface area contributed by atoms with Crippen molar-refractivity contribution in [1.29, 1.82) is 0 Å². The van der Waals surface area contributed by atoms with Crippen molar-refractivity contribution in [3.8, 4) is 11.5 Å². The molecule has 0 amide bonds. The van der Waals surface area contributed by atoms with Gasteiger partial charge in [0.15, 0.2) is 17.5 Å². The predicted molar refractivity (Wildman–Crippen MR) is 112 cm³/mol. The van der Waals surface area contributed by atoms with E-state index in [1.807, 2.05) is 30.5 Å². The molecule has 2 aliphatic heterocycles. The van der Waals surface area contributed by atoms with E-state index < -0.39 is 0 Å². The summed E-state index contributed by atoms with van der Waals surface area (Å²) in [4.78, 5) is 8.75. The molecule has 0 atom stereocenters. The van der Waals surface area contributed by atoms with Crippen molar-refractivity contribution in [1.82, 2.24) is 15.6 Å². The van der Waals surface area contributed by atoms with Gasteiger partial charge in [-0.25, -0.2) is 0 Å². The highest BCUT2D eigenvalue weighted by Gasteiger charge is 2.35. The van der Waals surface area contributed by atoms with E-state index in [4.69, 9.17) is 14.2 Å². The van der Waals surface area contributed by atoms with Gasteiger partial charge in [0.05, 0.1) is 0 Å². The second-order valence-corrected chi connectivity index (χ2v) is 7.38. The summed E-state index contributed by atoms with van der Waals surface area (Å²) in [5, 5.41) is 6.91. The number of fused-ring (bicyclic) bond motifs is 1. The number of benzene rings is 1. The quantitative estimate of drug-likeness (QED) is 0.576. The molecule has 2 aromatic rings. The summed E-state index contributed by atoms with van der Waals surface area (Å²) in [6.07, 6.45) is 4.57. The molecular formula is C22H28N4O3. The van der Waals surface area contributed by atoms with E-state index in [1.54, 1.807) is 7.05 Å². The zero-order valence-electron chi connectivity index (χ0n) is 16.8. The average molecular weight is 396 g/mol. The number of nitrogens with zero attached hydrogens (tertiary/aromatic N) is 2. The van der Waals surface area contributed by atoms with E-state index in [0.717, 1.165) is 68.7 Å². The van der Waals surface area contributed by atoms with Gasteiger partial charge in [-0.05, 0) is 42.7 Å². The van der Waals surface area contributed by atoms with Crippen LogP contribution in [0.2, 0.25) is 0 Å². The third kappa shape index (κ3) is 4.62. The van der Waals surface area contributed by atoms with E-state index >= 15 is 0 Å². The minimum atomic E-state index is -0.0299. The molecule has 154 valence electrons. The highest BCUT2D eigenvalue weighted by molar-refractivity contribution is 5.79. The molecule has 29 heavy (non-hydrogen) atoms. The maximum absolute atomic E-state index is 5.65. The topological polar surface area (TPSA) is 77.0 Å². The summed E-state index contributed by atoms with van der Waals surface area (Å²) in [5.41, 5.74) is 2.29. The Labute approximate surface area is 171 Å². The van der Waals surface area contributed by atoms with E-state index in [-0.39, 0.29) is 5.41 Å². The fourth-order valence-electron chi connectivity index (χ4n) is 3.88. The molecule has 1 aromatic heterocycles. The number of aliphatic imine (C=N–C) groups is 1. The van der Waals surface area contributed by atoms with Crippen LogP contribution in [-0.4, -0.2) is 51.1 Å². The van der Waals surface area contributed by atoms with Crippen molar-refractivity contribution in [2.24, 2.45) is 4.99 Å². The Morgan fingerprint density at radius 2 is 1.97 bits per heavy atom. The summed E-state index contributed by atoms with van der Waals surface area (Å²) in [6.45, 7) is 3.35. The zero-order chi connectivity index (χ0) is 19.9. The predicted octanol–water partition coefficient (Wildman–Crippen LogP) is 2.27. The molecule has 2 N–H and O–H groups in total. The monoisotopic (exact) mass is 396 g/mol. The van der Waals surface area contributed by atoms with Gasteiger partial charge in [0, 0.05) is 57.1 Å². The van der Waals surface area contributed by atoms with Crippen LogP contribution in [0.3, 0.4) is 0 Å². The normalized spacial score (nSPS) is 17.8. The molecule has 7 nitrogen and oxygen atoms in total. The molecular weight excluding hydrogens is 368 g/mol. The fraction of sp³-hybridized carbons (Fsp3) is 0.455. The molecule has 0 unspecified atom stereocenters. The van der Waals surface area contributed by atoms with Crippen molar-refractivity contribution in [3.05, 3.63) is 53.9 Å². The first-order valence-electron chi connectivity index (χ1n) is 10.1. The summed E-state index contributed by atoms with van der Waals surface area (Å²) >= 11 is 0. The van der Waals surface area contributed by atoms with Crippen molar-refractivity contribution in [2.75, 3.05) is 40.1 Å². The maximum atomic E-state index is 5.65. The van der Waals surface area contributed by atoms with Crippen LogP contribution >= 0.6 is 0 Å². The van der Waals surface area contributed by atoms with Crippen LogP contribution in [0.25, 0.3) is 0 Å². The van der Waals surface area contributed by atoms with Gasteiger partial charge in [0.1, 0.15) is 0 Å². The minimum absolute atomic E-state index is 0.0299. The molecule has 1 fully saturated rings. The summed E-state index contributed by atoms with van der Waals surface area (Å²) in [5.74, 6) is 2.44. The Morgan fingerprint density at radius 1 is 1.10 bits per heavy atom. The molecule has 0 saturated carbocycles. The fourth-order valence-corrected chi connectivity index (χ4v) is 3.88. The molecule has 0 spiro atoms. The first-order valence-corrected chi connectivity index (χ1v) is 10.1. The molecule has 0 bridgehead atoms. The minimum Gasteiger partial charge on any atom is -0.454 e. The second kappa shape index (κ2) is 9.13. The van der Waals surface area contributed by atoms with Gasteiger partial charge in [-0.1, -0.05) is 12.1 Å². The Kier molecular flexibility index (Phi) is 6.14. The lowest BCUT2D eigenvalue weighted by Gasteiger charge is -2.38. The first-order chi connectivity index (χ1) is 14.3. The summed E-state index contributed by atoms with van der Waals surface area (Å²) < 4.78 is 16.7. The number of hydrogen-bond acceptors (Lipinski definition) is 5. The largest absolute Gasteiger partial charge is 0.454 e. The van der Waals surface area contributed by atoms with Gasteiger partial charge in [-0.3, -0.25) is 9.98 Å². The smallest absolute Gasteiger partial charge is 0.231 e. The van der Waals surface area contributed by atoms with E-state index in [1.165, 1.54) is 5.56 Å². The van der Waals surface area contributed by atoms with Gasteiger partial charge in [0.2, 0.25) is 6.79 Å². The van der Waals surface area contributed by atoms with Crippen molar-refractivity contribution in [2.45, 2.75) is 24.7 Å². The molecule has 0 radical (unpaired) electrons. The van der Waals surface area contributed by atoms with Gasteiger partial charge in [-0.15, -0.1) is 0 Å². The van der Waals surface area contributed by atoms with Gasteiger partial charge in [-0.2, -0.15) is 0 Å². The Hall–Kier alpha value is -2.80. The lowest BCUT2D eigenvalue weighted by Crippen LogP contribution is -2.48. The SMILES string of the molecule is CN=C(NCCc1ccccn1)NCC1(c2ccc3c(c2)OCO3)CCOCC1. The lowest BCUT2D eigenvalue weighted by molar-refractivity contribution is 0.0513. The summed E-state index contributed by atoms with van der Waals surface area (Å²) in [7, 11) is 1.80. The molecule has 0 aliphatic carbocycles. The number of guanidine groups is 1. The van der Waals surface area contributed by atoms with E-state index in [9.17, 15) is 0 Å². The van der Waals surface area contributed by atoms with Gasteiger partial charge < -0.3 is 24.8 Å². The van der Waals surface area contributed by atoms with Crippen molar-refractivity contribution in [3.63, 3.8) is 0 Å². The number of rotatable bonds is 6. The number of ether oxygens (including phenoxy) is 3. The van der Waals surface area contributed by atoms with Crippen LogP contribution in [0.15, 0.2) is 47.6 Å². The standard InChI is InChI=1S/C22H28N4O3/c1-23-21(25-11-7-18-4-2-3-10-24-18)26-15-22(8-12-27-13-9-22)17-5-6-19-20(14-17)29-16-28-19/h2-6,10,14H,7-9,11-13,15-16H2,1H3,(H2,23,25,26). The van der Waals surface area contributed by atoms with Crippen LogP contribution in [-0.2, 0) is 16.6 Å². The van der Waals surface area contributed by atoms with Crippen molar-refractivity contribution < 1.29 is 14.2 Å². The third-order valence-corrected chi connectivity index (χ3v) is 5.65. The first kappa shape index (κ1) is 19.5. The van der Waals surface area contributed by atoms with Crippen LogP contribution in [0.5, 0.6) is 11.5 Å². The molecule has 7 heteroatoms. The molecule has 1 saturated heterocycles. The average Bonchev–Trinajstić information content (AvgIpc) is 3.25. The van der Waals surface area contributed by atoms with Crippen LogP contribution in [0.4, 0.5) is 0 Å². The summed E-state index contributed by atoms with van der Waals surface area (Å²) in [6, 6.07) is 12.3. The van der Waals surface area contributed by atoms with E-state index in [2.05, 4.69) is 32.7 Å². The Morgan fingerprint density at radius 3 is 2.76 bits per heavy atom. The number of hydrogen-bond donors (Lipinski definition) is 2. The maximum Gasteiger partial charge on any atom is 0.231 e. The van der Waals surface area contributed by atoms with Crippen LogP contribution in [0.1, 0.15) is 24.1 Å². The Balaban J connectivity index is 1.40. The molecule has 2 aliphatic rings. The molecule has 1 aromatic carbocycles. The van der Waals surface area contributed by atoms with Gasteiger partial charge >= 0.3 is 0 Å². The number of aromatic nitrogens is 1. The molecule has 3 heterocycles.